The Morgan fingerprint density at radius 3 is 2.00 bits per heavy atom. The summed E-state index contributed by atoms with van der Waals surface area (Å²) in [5, 5.41) is 16.3. The van der Waals surface area contributed by atoms with E-state index in [0.29, 0.717) is 0 Å². The van der Waals surface area contributed by atoms with Crippen LogP contribution in [0.15, 0.2) is 0 Å². The molecule has 0 saturated heterocycles. The molecular weight excluding hydrogens is 168 g/mol. The van der Waals surface area contributed by atoms with E-state index < -0.39 is 18.0 Å². The summed E-state index contributed by atoms with van der Waals surface area (Å²) in [5.41, 5.74) is 5.00. The molecule has 0 aliphatic carbocycles. The van der Waals surface area contributed by atoms with Crippen molar-refractivity contribution < 1.29 is 25.3 Å². The molecule has 0 spiro atoms. The average molecular weight is 182 g/mol. The fourth-order valence-corrected chi connectivity index (χ4v) is 0.402. The molecule has 0 saturated carbocycles. The van der Waals surface area contributed by atoms with E-state index in [2.05, 4.69) is 0 Å². The van der Waals surface area contributed by atoms with Crippen molar-refractivity contribution in [3.05, 3.63) is 0 Å². The van der Waals surface area contributed by atoms with Gasteiger partial charge in [0.25, 0.3) is 0 Å². The van der Waals surface area contributed by atoms with Crippen LogP contribution in [0.5, 0.6) is 0 Å². The molecule has 0 aliphatic heterocycles. The Labute approximate surface area is 69.1 Å². The zero-order valence-electron chi connectivity index (χ0n) is 6.49. The van der Waals surface area contributed by atoms with Gasteiger partial charge < -0.3 is 27.6 Å². The minimum absolute atomic E-state index is 0. The predicted molar refractivity (Wildman–Crippen MR) is 41.1 cm³/mol. The van der Waals surface area contributed by atoms with Crippen molar-refractivity contribution in [1.82, 2.24) is 6.15 Å². The molecule has 0 heterocycles. The fourth-order valence-electron chi connectivity index (χ4n) is 0.402. The molecule has 0 unspecified atom stereocenters. The number of carboxylic acids is 2. The summed E-state index contributed by atoms with van der Waals surface area (Å²) in [6.45, 7) is 0. The molecule has 0 fully saturated rings. The Morgan fingerprint density at radius 2 is 1.75 bits per heavy atom. The fraction of sp³-hybridized carbons (Fsp3) is 0.600. The maximum atomic E-state index is 9.99. The summed E-state index contributed by atoms with van der Waals surface area (Å²) in [5.74, 6) is -2.20. The van der Waals surface area contributed by atoms with Gasteiger partial charge in [-0.25, -0.2) is 0 Å². The number of carboxylic acid groups (broad SMARTS) is 2. The Morgan fingerprint density at radius 1 is 1.33 bits per heavy atom. The molecule has 0 aromatic carbocycles. The summed E-state index contributed by atoms with van der Waals surface area (Å²) >= 11 is 0. The van der Waals surface area contributed by atoms with E-state index in [0.717, 1.165) is 0 Å². The van der Waals surface area contributed by atoms with Crippen molar-refractivity contribution >= 4 is 11.9 Å². The minimum Gasteiger partial charge on any atom is -0.481 e. The van der Waals surface area contributed by atoms with Crippen molar-refractivity contribution in [1.29, 1.82) is 0 Å². The van der Waals surface area contributed by atoms with Crippen molar-refractivity contribution in [3.63, 3.8) is 0 Å². The monoisotopic (exact) mass is 182 g/mol. The lowest BCUT2D eigenvalue weighted by Gasteiger charge is -2.01. The lowest BCUT2D eigenvalue weighted by molar-refractivity contribution is -0.139. The summed E-state index contributed by atoms with van der Waals surface area (Å²) in [4.78, 5) is 19.9. The number of hydrogen-bond acceptors (Lipinski definition) is 4. The number of aliphatic carboxylic acids is 2. The molecule has 7 nitrogen and oxygen atoms in total. The Kier molecular flexibility index (Phi) is 11.3. The van der Waals surface area contributed by atoms with E-state index in [4.69, 9.17) is 15.9 Å². The van der Waals surface area contributed by atoms with E-state index in [1.165, 1.54) is 0 Å². The third kappa shape index (κ3) is 8.82. The van der Waals surface area contributed by atoms with Crippen LogP contribution in [0.4, 0.5) is 0 Å². The van der Waals surface area contributed by atoms with Crippen LogP contribution in [0.25, 0.3) is 0 Å². The summed E-state index contributed by atoms with van der Waals surface area (Å²) < 4.78 is 0. The maximum Gasteiger partial charge on any atom is 0.320 e. The first-order valence-electron chi connectivity index (χ1n) is 2.74. The summed E-state index contributed by atoms with van der Waals surface area (Å²) in [6.07, 6.45) is -0.224. The number of hydrogen-bond donors (Lipinski definition) is 4. The van der Waals surface area contributed by atoms with Crippen LogP contribution < -0.4 is 11.9 Å². The van der Waals surface area contributed by atoms with Crippen molar-refractivity contribution in [3.8, 4) is 0 Å². The topological polar surface area (TPSA) is 167 Å². The smallest absolute Gasteiger partial charge is 0.320 e. The molecule has 0 radical (unpaired) electrons. The summed E-state index contributed by atoms with van der Waals surface area (Å²) in [7, 11) is 0. The highest BCUT2D eigenvalue weighted by atomic mass is 16.4. The molecule has 0 aromatic rings. The highest BCUT2D eigenvalue weighted by molar-refractivity contribution is 5.74. The van der Waals surface area contributed by atoms with Crippen LogP contribution in [0.2, 0.25) is 0 Å². The second-order valence-corrected chi connectivity index (χ2v) is 1.88. The number of nitrogens with two attached hydrogens (primary N) is 1. The Balaban J connectivity index is -0.000000405. The van der Waals surface area contributed by atoms with Gasteiger partial charge in [-0.2, -0.15) is 0 Å². The molecule has 0 aliphatic rings. The largest absolute Gasteiger partial charge is 0.481 e. The molecule has 74 valence electrons. The number of carbonyl (C=O) groups is 2. The Bertz CT molecular complexity index is 149. The van der Waals surface area contributed by atoms with Gasteiger partial charge in [0.2, 0.25) is 0 Å². The first-order chi connectivity index (χ1) is 4.54. The van der Waals surface area contributed by atoms with E-state index in [9.17, 15) is 9.59 Å². The normalized spacial score (nSPS) is 10.4. The van der Waals surface area contributed by atoms with Gasteiger partial charge in [0.1, 0.15) is 6.04 Å². The van der Waals surface area contributed by atoms with Gasteiger partial charge in [-0.15, -0.1) is 0 Å². The zero-order chi connectivity index (χ0) is 8.15. The molecule has 7 heteroatoms. The van der Waals surface area contributed by atoms with Gasteiger partial charge >= 0.3 is 11.9 Å². The van der Waals surface area contributed by atoms with Gasteiger partial charge in [0, 0.05) is 6.42 Å². The van der Waals surface area contributed by atoms with Gasteiger partial charge in [0.05, 0.1) is 0 Å². The lowest BCUT2D eigenvalue weighted by atomic mass is 10.2. The molecule has 0 bridgehead atoms. The highest BCUT2D eigenvalue weighted by Crippen LogP contribution is 1.93. The molecule has 0 rings (SSSR count). The van der Waals surface area contributed by atoms with Crippen LogP contribution in [-0.2, 0) is 9.59 Å². The van der Waals surface area contributed by atoms with Crippen LogP contribution in [0.3, 0.4) is 0 Å². The van der Waals surface area contributed by atoms with E-state index >= 15 is 0 Å². The molecule has 9 N–H and O–H groups in total. The first-order valence-corrected chi connectivity index (χ1v) is 2.74. The van der Waals surface area contributed by atoms with E-state index in [1.807, 2.05) is 0 Å². The molecule has 12 heavy (non-hydrogen) atoms. The van der Waals surface area contributed by atoms with Gasteiger partial charge in [-0.05, 0) is 6.42 Å². The van der Waals surface area contributed by atoms with Crippen molar-refractivity contribution in [2.75, 3.05) is 0 Å². The second-order valence-electron chi connectivity index (χ2n) is 1.88. The second kappa shape index (κ2) is 7.92. The molecule has 0 amide bonds. The number of rotatable bonds is 4. The van der Waals surface area contributed by atoms with Crippen LogP contribution in [0.1, 0.15) is 12.8 Å². The summed E-state index contributed by atoms with van der Waals surface area (Å²) in [6, 6.07) is -1.06. The van der Waals surface area contributed by atoms with E-state index in [-0.39, 0.29) is 24.5 Å². The quantitative estimate of drug-likeness (QED) is 0.417. The lowest BCUT2D eigenvalue weighted by Crippen LogP contribution is -2.30. The maximum absolute atomic E-state index is 9.99. The minimum atomic E-state index is -1.17. The standard InChI is InChI=1S/C5H9NO4.H3N.H2O/c6-3(5(9)10)1-2-4(7)8;;/h3H,1-2,6H2,(H,7,8)(H,9,10);1H3;1H2/t3-;;/m0../s1. The average Bonchev–Trinajstić information content (AvgIpc) is 1.82. The SMILES string of the molecule is N.N[C@@H](CCC(=O)O)C(=O)O.O. The zero-order valence-corrected chi connectivity index (χ0v) is 6.49. The Hall–Kier alpha value is -1.18. The molecular formula is C5H14N2O5. The van der Waals surface area contributed by atoms with Crippen LogP contribution in [0, 0.1) is 0 Å². The first kappa shape index (κ1) is 17.1. The van der Waals surface area contributed by atoms with E-state index in [1.54, 1.807) is 0 Å². The van der Waals surface area contributed by atoms with Crippen molar-refractivity contribution in [2.45, 2.75) is 18.9 Å². The van der Waals surface area contributed by atoms with Crippen molar-refractivity contribution in [2.24, 2.45) is 5.73 Å². The molecule has 0 aromatic heterocycles. The third-order valence-electron chi connectivity index (χ3n) is 0.986. The predicted octanol–water partition coefficient (Wildman–Crippen LogP) is -1.40. The van der Waals surface area contributed by atoms with Gasteiger partial charge in [-0.3, -0.25) is 9.59 Å². The third-order valence-corrected chi connectivity index (χ3v) is 0.986. The van der Waals surface area contributed by atoms with Gasteiger partial charge in [0.15, 0.2) is 0 Å². The molecule has 1 atom stereocenters. The highest BCUT2D eigenvalue weighted by Gasteiger charge is 2.12. The van der Waals surface area contributed by atoms with Gasteiger partial charge in [-0.1, -0.05) is 0 Å². The van der Waals surface area contributed by atoms with Crippen LogP contribution in [-0.4, -0.2) is 33.7 Å². The van der Waals surface area contributed by atoms with Crippen LogP contribution >= 0.6 is 0 Å².